The first kappa shape index (κ1) is 18.6. The quantitative estimate of drug-likeness (QED) is 0.737. The monoisotopic (exact) mass is 380 g/mol. The Balaban J connectivity index is 1.44. The maximum Gasteiger partial charge on any atom is 0.151 e. The summed E-state index contributed by atoms with van der Waals surface area (Å²) >= 11 is 0. The van der Waals surface area contributed by atoms with E-state index in [1.54, 1.807) is 18.3 Å². The van der Waals surface area contributed by atoms with Crippen molar-refractivity contribution in [3.05, 3.63) is 65.4 Å². The SMILES string of the molecule is Cc1nn(-c2ccc(F)cc2)c(C)c1CNC1CCCN(c2cccnn2)C1. The largest absolute Gasteiger partial charge is 0.354 e. The molecule has 0 bridgehead atoms. The van der Waals surface area contributed by atoms with E-state index in [-0.39, 0.29) is 5.82 Å². The van der Waals surface area contributed by atoms with Gasteiger partial charge in [-0.3, -0.25) is 0 Å². The van der Waals surface area contributed by atoms with Crippen molar-refractivity contribution in [1.82, 2.24) is 25.3 Å². The van der Waals surface area contributed by atoms with Crippen LogP contribution in [0.4, 0.5) is 10.2 Å². The molecule has 7 heteroatoms. The Morgan fingerprint density at radius 2 is 2.00 bits per heavy atom. The molecule has 1 fully saturated rings. The minimum Gasteiger partial charge on any atom is -0.354 e. The zero-order chi connectivity index (χ0) is 19.5. The topological polar surface area (TPSA) is 58.9 Å². The van der Waals surface area contributed by atoms with Gasteiger partial charge in [-0.1, -0.05) is 0 Å². The van der Waals surface area contributed by atoms with Crippen LogP contribution in [0.3, 0.4) is 0 Å². The van der Waals surface area contributed by atoms with Crippen molar-refractivity contribution in [2.24, 2.45) is 0 Å². The van der Waals surface area contributed by atoms with Crippen molar-refractivity contribution in [3.8, 4) is 5.69 Å². The van der Waals surface area contributed by atoms with Crippen LogP contribution in [0.15, 0.2) is 42.6 Å². The van der Waals surface area contributed by atoms with Crippen molar-refractivity contribution in [2.45, 2.75) is 39.3 Å². The summed E-state index contributed by atoms with van der Waals surface area (Å²) in [4.78, 5) is 2.29. The lowest BCUT2D eigenvalue weighted by Crippen LogP contribution is -2.45. The third-order valence-electron chi connectivity index (χ3n) is 5.38. The highest BCUT2D eigenvalue weighted by molar-refractivity contribution is 5.38. The minimum atomic E-state index is -0.239. The van der Waals surface area contributed by atoms with Gasteiger partial charge in [-0.15, -0.1) is 5.10 Å². The van der Waals surface area contributed by atoms with E-state index in [1.165, 1.54) is 17.7 Å². The summed E-state index contributed by atoms with van der Waals surface area (Å²) in [7, 11) is 0. The Morgan fingerprint density at radius 1 is 1.18 bits per heavy atom. The Morgan fingerprint density at radius 3 is 2.75 bits per heavy atom. The number of halogens is 1. The smallest absolute Gasteiger partial charge is 0.151 e. The van der Waals surface area contributed by atoms with E-state index in [0.717, 1.165) is 55.4 Å². The van der Waals surface area contributed by atoms with Crippen LogP contribution in [0, 0.1) is 19.7 Å². The van der Waals surface area contributed by atoms with Crippen molar-refractivity contribution in [2.75, 3.05) is 18.0 Å². The molecular weight excluding hydrogens is 355 g/mol. The molecule has 0 spiro atoms. The molecule has 0 aliphatic carbocycles. The average Bonchev–Trinajstić information content (AvgIpc) is 3.01. The lowest BCUT2D eigenvalue weighted by atomic mass is 10.0. The number of benzene rings is 1. The Hall–Kier alpha value is -2.80. The molecule has 1 N–H and O–H groups in total. The van der Waals surface area contributed by atoms with Crippen LogP contribution in [0.2, 0.25) is 0 Å². The molecule has 4 rings (SSSR count). The summed E-state index contributed by atoms with van der Waals surface area (Å²) < 4.78 is 15.1. The highest BCUT2D eigenvalue weighted by Gasteiger charge is 2.22. The predicted octanol–water partition coefficient (Wildman–Crippen LogP) is 3.18. The number of piperidine rings is 1. The summed E-state index contributed by atoms with van der Waals surface area (Å²) in [6, 6.07) is 10.8. The van der Waals surface area contributed by atoms with E-state index < -0.39 is 0 Å². The Bertz CT molecular complexity index is 922. The first-order chi connectivity index (χ1) is 13.6. The van der Waals surface area contributed by atoms with Gasteiger partial charge in [0.1, 0.15) is 5.82 Å². The molecule has 0 amide bonds. The third-order valence-corrected chi connectivity index (χ3v) is 5.38. The maximum atomic E-state index is 13.2. The van der Waals surface area contributed by atoms with Crippen LogP contribution in [0.5, 0.6) is 0 Å². The Labute approximate surface area is 164 Å². The molecule has 1 unspecified atom stereocenters. The highest BCUT2D eigenvalue weighted by atomic mass is 19.1. The van der Waals surface area contributed by atoms with Crippen molar-refractivity contribution in [1.29, 1.82) is 0 Å². The fraction of sp³-hybridized carbons (Fsp3) is 0.381. The van der Waals surface area contributed by atoms with Crippen molar-refractivity contribution in [3.63, 3.8) is 0 Å². The number of rotatable bonds is 5. The second kappa shape index (κ2) is 8.06. The summed E-state index contributed by atoms with van der Waals surface area (Å²) in [5.41, 5.74) is 4.15. The van der Waals surface area contributed by atoms with Crippen molar-refractivity contribution < 1.29 is 4.39 Å². The van der Waals surface area contributed by atoms with E-state index in [2.05, 4.69) is 32.4 Å². The number of aryl methyl sites for hydroxylation is 1. The number of aromatic nitrogens is 4. The van der Waals surface area contributed by atoms with Gasteiger partial charge in [0.05, 0.1) is 11.4 Å². The van der Waals surface area contributed by atoms with Gasteiger partial charge in [-0.25, -0.2) is 9.07 Å². The Kier molecular flexibility index (Phi) is 5.34. The zero-order valence-electron chi connectivity index (χ0n) is 16.3. The predicted molar refractivity (Wildman–Crippen MR) is 107 cm³/mol. The number of anilines is 1. The van der Waals surface area contributed by atoms with E-state index in [9.17, 15) is 4.39 Å². The molecule has 3 heterocycles. The standard InChI is InChI=1S/C21H25FN6/c1-15-20(16(2)28(26-15)19-9-7-17(22)8-10-19)13-23-18-5-4-12-27(14-18)21-6-3-11-24-25-21/h3,6-11,18,23H,4-5,12-14H2,1-2H3. The summed E-state index contributed by atoms with van der Waals surface area (Å²) in [5.74, 6) is 0.697. The molecular formula is C21H25FN6. The van der Waals surface area contributed by atoms with Crippen LogP contribution in [0.1, 0.15) is 29.8 Å². The number of hydrogen-bond donors (Lipinski definition) is 1. The molecule has 1 saturated heterocycles. The second-order valence-electron chi connectivity index (χ2n) is 7.29. The van der Waals surface area contributed by atoms with E-state index in [1.807, 2.05) is 23.7 Å². The van der Waals surface area contributed by atoms with E-state index in [4.69, 9.17) is 0 Å². The molecule has 1 atom stereocenters. The van der Waals surface area contributed by atoms with Crippen LogP contribution in [0.25, 0.3) is 5.69 Å². The number of nitrogens with one attached hydrogen (secondary N) is 1. The zero-order valence-corrected chi connectivity index (χ0v) is 16.3. The van der Waals surface area contributed by atoms with Gasteiger partial charge >= 0.3 is 0 Å². The van der Waals surface area contributed by atoms with Gasteiger partial charge in [0, 0.05) is 43.1 Å². The van der Waals surface area contributed by atoms with Crippen LogP contribution in [-0.2, 0) is 6.54 Å². The molecule has 1 aliphatic rings. The molecule has 146 valence electrons. The fourth-order valence-electron chi connectivity index (χ4n) is 3.82. The minimum absolute atomic E-state index is 0.239. The van der Waals surface area contributed by atoms with Crippen molar-refractivity contribution >= 4 is 5.82 Å². The molecule has 0 saturated carbocycles. The highest BCUT2D eigenvalue weighted by Crippen LogP contribution is 2.20. The number of hydrogen-bond acceptors (Lipinski definition) is 5. The third kappa shape index (κ3) is 3.89. The van der Waals surface area contributed by atoms with Gasteiger partial charge < -0.3 is 10.2 Å². The fourth-order valence-corrected chi connectivity index (χ4v) is 3.82. The van der Waals surface area contributed by atoms with Gasteiger partial charge in [0.15, 0.2) is 5.82 Å². The average molecular weight is 380 g/mol. The van der Waals surface area contributed by atoms with Crippen LogP contribution >= 0.6 is 0 Å². The summed E-state index contributed by atoms with van der Waals surface area (Å²) in [6.07, 6.45) is 3.97. The van der Waals surface area contributed by atoms with Crippen LogP contribution in [-0.4, -0.2) is 39.1 Å². The molecule has 28 heavy (non-hydrogen) atoms. The van der Waals surface area contributed by atoms with Gasteiger partial charge in [0.25, 0.3) is 0 Å². The first-order valence-corrected chi connectivity index (χ1v) is 9.69. The van der Waals surface area contributed by atoms with Gasteiger partial charge in [-0.05, 0) is 63.1 Å². The van der Waals surface area contributed by atoms with Gasteiger partial charge in [0.2, 0.25) is 0 Å². The summed E-state index contributed by atoms with van der Waals surface area (Å²) in [6.45, 7) is 6.78. The lowest BCUT2D eigenvalue weighted by Gasteiger charge is -2.33. The summed E-state index contributed by atoms with van der Waals surface area (Å²) in [5, 5.41) is 16.6. The van der Waals surface area contributed by atoms with Crippen LogP contribution < -0.4 is 10.2 Å². The van der Waals surface area contributed by atoms with E-state index >= 15 is 0 Å². The molecule has 0 radical (unpaired) electrons. The van der Waals surface area contributed by atoms with E-state index in [0.29, 0.717) is 6.04 Å². The molecule has 2 aromatic heterocycles. The lowest BCUT2D eigenvalue weighted by molar-refractivity contribution is 0.419. The molecule has 1 aliphatic heterocycles. The van der Waals surface area contributed by atoms with Gasteiger partial charge in [-0.2, -0.15) is 10.2 Å². The molecule has 6 nitrogen and oxygen atoms in total. The molecule has 1 aromatic carbocycles. The maximum absolute atomic E-state index is 13.2. The number of nitrogens with zero attached hydrogens (tertiary/aromatic N) is 5. The normalized spacial score (nSPS) is 17.1. The molecule has 3 aromatic rings. The second-order valence-corrected chi connectivity index (χ2v) is 7.29. The first-order valence-electron chi connectivity index (χ1n) is 9.69.